The summed E-state index contributed by atoms with van der Waals surface area (Å²) in [6, 6.07) is 5.84. The van der Waals surface area contributed by atoms with E-state index >= 15 is 0 Å². The second kappa shape index (κ2) is 8.76. The maximum Gasteiger partial charge on any atom is 0.408 e. The second-order valence-corrected chi connectivity index (χ2v) is 9.48. The van der Waals surface area contributed by atoms with Gasteiger partial charge in [-0.05, 0) is 64.2 Å². The molecule has 1 fully saturated rings. The number of hydrogen-bond donors (Lipinski definition) is 1. The molecule has 0 saturated heterocycles. The molecule has 1 heterocycles. The first kappa shape index (κ1) is 21.0. The maximum absolute atomic E-state index is 12.6. The summed E-state index contributed by atoms with van der Waals surface area (Å²) in [6.45, 7) is 7.73. The zero-order chi connectivity index (χ0) is 20.3. The van der Waals surface area contributed by atoms with Crippen molar-refractivity contribution in [2.75, 3.05) is 0 Å². The van der Waals surface area contributed by atoms with Crippen LogP contribution in [-0.2, 0) is 11.2 Å². The number of alkyl carbamates (subject to hydrolysis) is 1. The number of nitrogens with one attached hydrogen (secondary N) is 1. The Labute approximate surface area is 175 Å². The molecule has 0 bridgehead atoms. The van der Waals surface area contributed by atoms with Gasteiger partial charge in [0.15, 0.2) is 5.82 Å². The van der Waals surface area contributed by atoms with E-state index < -0.39 is 11.7 Å². The van der Waals surface area contributed by atoms with E-state index in [-0.39, 0.29) is 6.04 Å². The van der Waals surface area contributed by atoms with Crippen LogP contribution in [0.15, 0.2) is 22.7 Å². The van der Waals surface area contributed by atoms with Crippen LogP contribution < -0.4 is 5.32 Å². The highest BCUT2D eigenvalue weighted by Crippen LogP contribution is 2.34. The topological polar surface area (TPSA) is 64.1 Å². The lowest BCUT2D eigenvalue weighted by Crippen LogP contribution is -2.39. The van der Waals surface area contributed by atoms with Gasteiger partial charge in [-0.3, -0.25) is 0 Å². The van der Waals surface area contributed by atoms with Crippen LogP contribution in [0.3, 0.4) is 0 Å². The monoisotopic (exact) mass is 447 g/mol. The van der Waals surface area contributed by atoms with Crippen molar-refractivity contribution in [2.24, 2.45) is 5.92 Å². The summed E-state index contributed by atoms with van der Waals surface area (Å²) in [6.07, 6.45) is 6.17. The molecule has 152 valence electrons. The quantitative estimate of drug-likeness (QED) is 0.614. The first-order valence-electron chi connectivity index (χ1n) is 10.2. The highest BCUT2D eigenvalue weighted by Gasteiger charge is 2.31. The number of carbonyl (C=O) groups excluding carboxylic acids is 1. The Hall–Kier alpha value is -1.69. The van der Waals surface area contributed by atoms with E-state index in [4.69, 9.17) is 14.7 Å². The van der Waals surface area contributed by atoms with E-state index in [1.165, 1.54) is 19.3 Å². The summed E-state index contributed by atoms with van der Waals surface area (Å²) in [5, 5.41) is 4.15. The zero-order valence-electron chi connectivity index (χ0n) is 17.2. The van der Waals surface area contributed by atoms with E-state index in [0.717, 1.165) is 40.3 Å². The van der Waals surface area contributed by atoms with Gasteiger partial charge < -0.3 is 10.1 Å². The van der Waals surface area contributed by atoms with E-state index in [0.29, 0.717) is 11.7 Å². The third-order valence-electron chi connectivity index (χ3n) is 5.16. The van der Waals surface area contributed by atoms with Crippen molar-refractivity contribution < 1.29 is 9.53 Å². The largest absolute Gasteiger partial charge is 0.444 e. The lowest BCUT2D eigenvalue weighted by atomic mass is 9.83. The number of fused-ring (bicyclic) bond motifs is 1. The smallest absolute Gasteiger partial charge is 0.408 e. The average Bonchev–Trinajstić information content (AvgIpc) is 2.64. The van der Waals surface area contributed by atoms with Gasteiger partial charge in [0.05, 0.1) is 17.3 Å². The summed E-state index contributed by atoms with van der Waals surface area (Å²) in [5.74, 6) is 1.03. The van der Waals surface area contributed by atoms with Crippen molar-refractivity contribution in [3.8, 4) is 0 Å². The number of halogens is 1. The van der Waals surface area contributed by atoms with E-state index in [2.05, 4.69) is 34.2 Å². The molecule has 3 rings (SSSR count). The van der Waals surface area contributed by atoms with Crippen molar-refractivity contribution in [3.05, 3.63) is 34.2 Å². The number of nitrogens with zero attached hydrogens (tertiary/aromatic N) is 2. The first-order valence-corrected chi connectivity index (χ1v) is 11.0. The van der Waals surface area contributed by atoms with Crippen molar-refractivity contribution in [2.45, 2.75) is 77.9 Å². The number of aryl methyl sites for hydroxylation is 1. The fraction of sp³-hybridized carbons (Fsp3) is 0.591. The molecule has 1 aromatic carbocycles. The van der Waals surface area contributed by atoms with Gasteiger partial charge in [0, 0.05) is 9.86 Å². The molecule has 1 atom stereocenters. The summed E-state index contributed by atoms with van der Waals surface area (Å²) in [5.41, 5.74) is 1.39. The number of aromatic nitrogens is 2. The Bertz CT molecular complexity index is 842. The molecular weight excluding hydrogens is 418 g/mol. The molecule has 0 spiro atoms. The fourth-order valence-corrected chi connectivity index (χ4v) is 4.25. The minimum absolute atomic E-state index is 0.228. The van der Waals surface area contributed by atoms with Gasteiger partial charge >= 0.3 is 6.09 Å². The van der Waals surface area contributed by atoms with E-state index in [1.807, 2.05) is 32.9 Å². The molecular formula is C22H30BrN3O2. The standard InChI is InChI=1S/C22H30BrN3O2/c1-5-17-16-13-15(23)11-12-18(16)25-20(24-17)19(14-9-7-6-8-10-14)26-21(27)28-22(2,3)4/h11-14,19H,5-10H2,1-4H3,(H,26,27). The molecule has 1 saturated carbocycles. The van der Waals surface area contributed by atoms with Crippen molar-refractivity contribution >= 4 is 32.9 Å². The minimum Gasteiger partial charge on any atom is -0.444 e. The van der Waals surface area contributed by atoms with Crippen LogP contribution in [0.4, 0.5) is 4.79 Å². The zero-order valence-corrected chi connectivity index (χ0v) is 18.8. The first-order chi connectivity index (χ1) is 13.3. The van der Waals surface area contributed by atoms with Gasteiger partial charge in [0.2, 0.25) is 0 Å². The van der Waals surface area contributed by atoms with Gasteiger partial charge in [-0.1, -0.05) is 42.1 Å². The molecule has 0 radical (unpaired) electrons. The summed E-state index contributed by atoms with van der Waals surface area (Å²) >= 11 is 3.54. The highest BCUT2D eigenvalue weighted by molar-refractivity contribution is 9.10. The van der Waals surface area contributed by atoms with Crippen LogP contribution in [-0.4, -0.2) is 21.7 Å². The summed E-state index contributed by atoms with van der Waals surface area (Å²) < 4.78 is 6.54. The molecule has 5 nitrogen and oxygen atoms in total. The molecule has 1 unspecified atom stereocenters. The summed E-state index contributed by atoms with van der Waals surface area (Å²) in [4.78, 5) is 22.3. The van der Waals surface area contributed by atoms with Gasteiger partial charge in [-0.2, -0.15) is 0 Å². The van der Waals surface area contributed by atoms with Gasteiger partial charge in [0.25, 0.3) is 0 Å². The molecule has 6 heteroatoms. The van der Waals surface area contributed by atoms with Gasteiger partial charge in [-0.25, -0.2) is 14.8 Å². The fourth-order valence-electron chi connectivity index (χ4n) is 3.89. The van der Waals surface area contributed by atoms with Crippen LogP contribution >= 0.6 is 15.9 Å². The molecule has 1 aliphatic carbocycles. The van der Waals surface area contributed by atoms with Crippen LogP contribution in [0.1, 0.15) is 77.4 Å². The highest BCUT2D eigenvalue weighted by atomic mass is 79.9. The number of hydrogen-bond acceptors (Lipinski definition) is 4. The number of carbonyl (C=O) groups is 1. The van der Waals surface area contributed by atoms with Crippen LogP contribution in [0, 0.1) is 5.92 Å². The Morgan fingerprint density at radius 1 is 1.25 bits per heavy atom. The molecule has 1 N–H and O–H groups in total. The SMILES string of the molecule is CCc1nc(C(NC(=O)OC(C)(C)C)C2CCCCC2)nc2ccc(Br)cc12. The van der Waals surface area contributed by atoms with Gasteiger partial charge in [-0.15, -0.1) is 0 Å². The van der Waals surface area contributed by atoms with Crippen LogP contribution in [0.25, 0.3) is 10.9 Å². The van der Waals surface area contributed by atoms with Crippen molar-refractivity contribution in [1.82, 2.24) is 15.3 Å². The third kappa shape index (κ3) is 5.22. The predicted octanol–water partition coefficient (Wildman–Crippen LogP) is 6.10. The third-order valence-corrected chi connectivity index (χ3v) is 5.65. The van der Waals surface area contributed by atoms with Crippen LogP contribution in [0.2, 0.25) is 0 Å². The Balaban J connectivity index is 1.99. The Kier molecular flexibility index (Phi) is 6.58. The number of amides is 1. The molecule has 1 amide bonds. The number of benzene rings is 1. The lowest BCUT2D eigenvalue weighted by molar-refractivity contribution is 0.0472. The minimum atomic E-state index is -0.535. The lowest BCUT2D eigenvalue weighted by Gasteiger charge is -2.31. The predicted molar refractivity (Wildman–Crippen MR) is 115 cm³/mol. The second-order valence-electron chi connectivity index (χ2n) is 8.57. The average molecular weight is 448 g/mol. The van der Waals surface area contributed by atoms with E-state index in [1.54, 1.807) is 0 Å². The number of ether oxygens (including phenoxy) is 1. The van der Waals surface area contributed by atoms with Gasteiger partial charge in [0.1, 0.15) is 5.60 Å². The van der Waals surface area contributed by atoms with E-state index in [9.17, 15) is 4.79 Å². The molecule has 1 aromatic heterocycles. The molecule has 0 aliphatic heterocycles. The number of rotatable bonds is 4. The molecule has 2 aromatic rings. The maximum atomic E-state index is 12.6. The Morgan fingerprint density at radius 3 is 2.61 bits per heavy atom. The summed E-state index contributed by atoms with van der Waals surface area (Å²) in [7, 11) is 0. The van der Waals surface area contributed by atoms with Crippen molar-refractivity contribution in [1.29, 1.82) is 0 Å². The van der Waals surface area contributed by atoms with Crippen LogP contribution in [0.5, 0.6) is 0 Å². The Morgan fingerprint density at radius 2 is 1.96 bits per heavy atom. The molecule has 28 heavy (non-hydrogen) atoms. The molecule has 1 aliphatic rings. The normalized spacial score (nSPS) is 16.8. The van der Waals surface area contributed by atoms with Crippen molar-refractivity contribution in [3.63, 3.8) is 0 Å².